The van der Waals surface area contributed by atoms with Gasteiger partial charge in [0.2, 0.25) is 11.8 Å². The van der Waals surface area contributed by atoms with Crippen LogP contribution >= 0.6 is 0 Å². The van der Waals surface area contributed by atoms with E-state index in [1.165, 1.54) is 6.92 Å². The molecule has 0 spiro atoms. The van der Waals surface area contributed by atoms with E-state index in [4.69, 9.17) is 5.73 Å². The molecule has 0 fully saturated rings. The van der Waals surface area contributed by atoms with Crippen LogP contribution in [0.2, 0.25) is 0 Å². The van der Waals surface area contributed by atoms with Crippen molar-refractivity contribution in [3.8, 4) is 0 Å². The summed E-state index contributed by atoms with van der Waals surface area (Å²) in [4.78, 5) is 47.7. The Labute approximate surface area is 152 Å². The van der Waals surface area contributed by atoms with Gasteiger partial charge in [-0.25, -0.2) is 0 Å². The van der Waals surface area contributed by atoms with Gasteiger partial charge in [0.1, 0.15) is 6.04 Å². The van der Waals surface area contributed by atoms with Gasteiger partial charge in [0, 0.05) is 12.3 Å². The number of carbonyl (C=O) groups is 4. The molecule has 0 aliphatic heterocycles. The van der Waals surface area contributed by atoms with Crippen molar-refractivity contribution in [1.29, 1.82) is 0 Å². The third-order valence-corrected chi connectivity index (χ3v) is 4.07. The highest BCUT2D eigenvalue weighted by Gasteiger charge is 2.41. The number of hydrogen-bond acceptors (Lipinski definition) is 6. The quantitative estimate of drug-likeness (QED) is 0.476. The second kappa shape index (κ2) is 10.2. The number of methoxy groups -OCH3 is 2. The summed E-state index contributed by atoms with van der Waals surface area (Å²) >= 11 is 0. The molecule has 0 saturated carbocycles. The maximum Gasteiger partial charge on any atom is 0.320 e. The van der Waals surface area contributed by atoms with Gasteiger partial charge in [-0.2, -0.15) is 0 Å². The first kappa shape index (κ1) is 21.1. The zero-order valence-electron chi connectivity index (χ0n) is 15.1. The average Bonchev–Trinajstić information content (AvgIpc) is 2.64. The van der Waals surface area contributed by atoms with Crippen molar-refractivity contribution in [3.05, 3.63) is 35.9 Å². The normalized spacial score (nSPS) is 12.8. The first-order valence-electron chi connectivity index (χ1n) is 8.10. The van der Waals surface area contributed by atoms with Gasteiger partial charge in [0.25, 0.3) is 0 Å². The maximum absolute atomic E-state index is 12.2. The topological polar surface area (TPSA) is 125 Å². The Morgan fingerprint density at radius 3 is 2.04 bits per heavy atom. The molecule has 8 heteroatoms. The van der Waals surface area contributed by atoms with E-state index in [1.54, 1.807) is 0 Å². The van der Waals surface area contributed by atoms with Crippen molar-refractivity contribution in [3.63, 3.8) is 0 Å². The van der Waals surface area contributed by atoms with Gasteiger partial charge < -0.3 is 20.5 Å². The van der Waals surface area contributed by atoms with Crippen LogP contribution in [-0.4, -0.2) is 44.0 Å². The first-order valence-corrected chi connectivity index (χ1v) is 8.10. The maximum atomic E-state index is 12.2. The smallest absolute Gasteiger partial charge is 0.320 e. The molecule has 0 aliphatic carbocycles. The van der Waals surface area contributed by atoms with Crippen LogP contribution in [-0.2, 0) is 35.1 Å². The average molecular weight is 364 g/mol. The highest BCUT2D eigenvalue weighted by atomic mass is 16.5. The molecular formula is C18H24N2O6. The largest absolute Gasteiger partial charge is 0.468 e. The molecule has 1 rings (SSSR count). The monoisotopic (exact) mass is 364 g/mol. The van der Waals surface area contributed by atoms with Gasteiger partial charge in [0.05, 0.1) is 14.2 Å². The number of benzene rings is 1. The zero-order chi connectivity index (χ0) is 19.7. The van der Waals surface area contributed by atoms with Gasteiger partial charge in [-0.05, 0) is 12.0 Å². The van der Waals surface area contributed by atoms with Crippen LogP contribution in [0.1, 0.15) is 18.9 Å². The molecule has 0 heterocycles. The molecule has 1 aromatic carbocycles. The van der Waals surface area contributed by atoms with Gasteiger partial charge in [-0.15, -0.1) is 0 Å². The van der Waals surface area contributed by atoms with E-state index >= 15 is 0 Å². The lowest BCUT2D eigenvalue weighted by Gasteiger charge is -2.26. The van der Waals surface area contributed by atoms with Crippen LogP contribution in [0.5, 0.6) is 0 Å². The number of esters is 2. The molecule has 0 saturated heterocycles. The van der Waals surface area contributed by atoms with Crippen LogP contribution in [0.15, 0.2) is 30.3 Å². The van der Waals surface area contributed by atoms with Gasteiger partial charge in [-0.1, -0.05) is 37.3 Å². The second-order valence-electron chi connectivity index (χ2n) is 5.82. The van der Waals surface area contributed by atoms with Gasteiger partial charge in [0.15, 0.2) is 5.92 Å². The zero-order valence-corrected chi connectivity index (χ0v) is 15.1. The summed E-state index contributed by atoms with van der Waals surface area (Å²) in [5.41, 5.74) is 6.32. The van der Waals surface area contributed by atoms with Crippen molar-refractivity contribution in [2.75, 3.05) is 14.2 Å². The van der Waals surface area contributed by atoms with Crippen LogP contribution in [0.25, 0.3) is 0 Å². The second-order valence-corrected chi connectivity index (χ2v) is 5.82. The molecule has 0 radical (unpaired) electrons. The first-order chi connectivity index (χ1) is 12.3. The van der Waals surface area contributed by atoms with E-state index in [0.29, 0.717) is 6.42 Å². The SMILES string of the molecule is COC(=O)C(C(=O)OC)[C@H](C)[C@H](NC(=O)CCc1ccccc1)C(N)=O. The molecule has 26 heavy (non-hydrogen) atoms. The Kier molecular flexibility index (Phi) is 8.27. The predicted octanol–water partition coefficient (Wildman–Crippen LogP) is 0.188. The fourth-order valence-corrected chi connectivity index (χ4v) is 2.58. The molecule has 8 nitrogen and oxygen atoms in total. The lowest BCUT2D eigenvalue weighted by molar-refractivity contribution is -0.162. The lowest BCUT2D eigenvalue weighted by atomic mass is 9.86. The minimum absolute atomic E-state index is 0.127. The number of amides is 2. The van der Waals surface area contributed by atoms with Crippen molar-refractivity contribution in [2.24, 2.45) is 17.6 Å². The molecule has 2 atom stereocenters. The van der Waals surface area contributed by atoms with E-state index in [9.17, 15) is 19.2 Å². The summed E-state index contributed by atoms with van der Waals surface area (Å²) in [5.74, 6) is -5.32. The molecule has 3 N–H and O–H groups in total. The summed E-state index contributed by atoms with van der Waals surface area (Å²) in [6.07, 6.45) is 0.603. The highest BCUT2D eigenvalue weighted by molar-refractivity contribution is 5.97. The third-order valence-electron chi connectivity index (χ3n) is 4.07. The predicted molar refractivity (Wildman–Crippen MR) is 92.6 cm³/mol. The summed E-state index contributed by atoms with van der Waals surface area (Å²) in [6.45, 7) is 1.45. The molecule has 0 aliphatic rings. The molecular weight excluding hydrogens is 340 g/mol. The van der Waals surface area contributed by atoms with E-state index in [1.807, 2.05) is 30.3 Å². The molecule has 1 aromatic rings. The number of ether oxygens (including phenoxy) is 2. The Morgan fingerprint density at radius 1 is 1.04 bits per heavy atom. The number of rotatable bonds is 9. The fourth-order valence-electron chi connectivity index (χ4n) is 2.58. The molecule has 0 bridgehead atoms. The Bertz CT molecular complexity index is 630. The number of aryl methyl sites for hydroxylation is 1. The van der Waals surface area contributed by atoms with E-state index < -0.39 is 41.6 Å². The van der Waals surface area contributed by atoms with Crippen molar-refractivity contribution < 1.29 is 28.7 Å². The van der Waals surface area contributed by atoms with Crippen LogP contribution in [0.4, 0.5) is 0 Å². The summed E-state index contributed by atoms with van der Waals surface area (Å²) in [6, 6.07) is 8.13. The van der Waals surface area contributed by atoms with Crippen molar-refractivity contribution in [1.82, 2.24) is 5.32 Å². The highest BCUT2D eigenvalue weighted by Crippen LogP contribution is 2.19. The van der Waals surface area contributed by atoms with Gasteiger partial charge in [-0.3, -0.25) is 19.2 Å². The van der Waals surface area contributed by atoms with Gasteiger partial charge >= 0.3 is 11.9 Å². The minimum Gasteiger partial charge on any atom is -0.468 e. The Balaban J connectivity index is 2.82. The van der Waals surface area contributed by atoms with Crippen molar-refractivity contribution in [2.45, 2.75) is 25.8 Å². The molecule has 0 aromatic heterocycles. The fraction of sp³-hybridized carbons (Fsp3) is 0.444. The summed E-state index contributed by atoms with van der Waals surface area (Å²) in [5, 5.41) is 2.50. The summed E-state index contributed by atoms with van der Waals surface area (Å²) in [7, 11) is 2.23. The minimum atomic E-state index is -1.38. The Hall–Kier alpha value is -2.90. The van der Waals surface area contributed by atoms with Crippen LogP contribution in [0.3, 0.4) is 0 Å². The van der Waals surface area contributed by atoms with E-state index in [-0.39, 0.29) is 6.42 Å². The standard InChI is InChI=1S/C18H24N2O6/c1-11(14(17(23)25-2)18(24)26-3)15(16(19)22)20-13(21)10-9-12-7-5-4-6-8-12/h4-8,11,14-15H,9-10H2,1-3H3,(H2,19,22)(H,20,21)/t11-,15-/m0/s1. The number of nitrogens with two attached hydrogens (primary N) is 1. The van der Waals surface area contributed by atoms with Crippen LogP contribution < -0.4 is 11.1 Å². The summed E-state index contributed by atoms with van der Waals surface area (Å²) < 4.78 is 9.18. The number of nitrogens with one attached hydrogen (secondary N) is 1. The lowest BCUT2D eigenvalue weighted by Crippen LogP contribution is -2.52. The Morgan fingerprint density at radius 2 is 1.58 bits per heavy atom. The number of carbonyl (C=O) groups excluding carboxylic acids is 4. The number of primary amides is 1. The van der Waals surface area contributed by atoms with Crippen molar-refractivity contribution >= 4 is 23.8 Å². The molecule has 142 valence electrons. The molecule has 0 unspecified atom stereocenters. The third kappa shape index (κ3) is 5.87. The van der Waals surface area contributed by atoms with E-state index in [2.05, 4.69) is 14.8 Å². The molecule has 2 amide bonds. The number of hydrogen-bond donors (Lipinski definition) is 2. The van der Waals surface area contributed by atoms with E-state index in [0.717, 1.165) is 19.8 Å². The van der Waals surface area contributed by atoms with Crippen LogP contribution in [0, 0.1) is 11.8 Å².